The van der Waals surface area contributed by atoms with Gasteiger partial charge in [0.15, 0.2) is 23.3 Å². The van der Waals surface area contributed by atoms with E-state index in [9.17, 15) is 0 Å². The minimum absolute atomic E-state index is 0.635. The summed E-state index contributed by atoms with van der Waals surface area (Å²) in [5.41, 5.74) is 26.3. The number of hydrogen-bond acceptors (Lipinski definition) is 5. The quantitative estimate of drug-likeness (QED) is 0.122. The molecule has 0 fully saturated rings. The van der Waals surface area contributed by atoms with E-state index in [1.165, 1.54) is 109 Å². The van der Waals surface area contributed by atoms with E-state index in [-0.39, 0.29) is 0 Å². The van der Waals surface area contributed by atoms with Crippen LogP contribution in [0.5, 0.6) is 0 Å². The zero-order chi connectivity index (χ0) is 79.1. The number of para-hydroxylation sites is 4. The third-order valence-electron chi connectivity index (χ3n) is 23.6. The van der Waals surface area contributed by atoms with E-state index in [1.54, 1.807) is 0 Å². The van der Waals surface area contributed by atoms with Crippen molar-refractivity contribution in [2.75, 3.05) is 0 Å². The highest BCUT2D eigenvalue weighted by Crippen LogP contribution is 2.46. The molecule has 0 saturated carbocycles. The first-order valence-corrected chi connectivity index (χ1v) is 40.7. The Balaban J connectivity index is 0.000000140. The molecule has 24 rings (SSSR count). The van der Waals surface area contributed by atoms with Crippen molar-refractivity contribution in [3.8, 4) is 113 Å². The average molecular weight is 1530 g/mol. The Hall–Kier alpha value is -16.2. The van der Waals surface area contributed by atoms with Crippen LogP contribution >= 0.6 is 0 Å². The van der Waals surface area contributed by atoms with Gasteiger partial charge >= 0.3 is 0 Å². The molecule has 0 amide bonds. The lowest BCUT2D eigenvalue weighted by atomic mass is 9.97. The predicted octanol–water partition coefficient (Wildman–Crippen LogP) is 28.4. The molecule has 0 spiro atoms. The molecule has 0 aliphatic rings. The predicted molar refractivity (Wildman–Crippen MR) is 498 cm³/mol. The van der Waals surface area contributed by atoms with Crippen molar-refractivity contribution in [2.45, 2.75) is 0 Å². The normalized spacial score (nSPS) is 11.7. The fraction of sp³-hybridized carbons (Fsp3) is 0. The molecule has 9 nitrogen and oxygen atoms in total. The highest BCUT2D eigenvalue weighted by atomic mass is 15.0. The second kappa shape index (κ2) is 28.9. The Labute approximate surface area is 691 Å². The second-order valence-corrected chi connectivity index (χ2v) is 30.6. The van der Waals surface area contributed by atoms with Gasteiger partial charge in [-0.1, -0.05) is 297 Å². The van der Waals surface area contributed by atoms with Gasteiger partial charge in [-0.05, 0) is 177 Å². The molecule has 0 unspecified atom stereocenters. The van der Waals surface area contributed by atoms with Crippen molar-refractivity contribution in [3.05, 3.63) is 431 Å². The summed E-state index contributed by atoms with van der Waals surface area (Å²) in [6.45, 7) is 0. The SMILES string of the molecule is c1ccc(-c2cc(-c3ccccc3)nc(-c3cccc(-n4c5cc6ccccc6cc5c5c(-c6ccc7c(c6)c6ccccc6n7-c6ccccc6)cccc54)c3)n2)cc1.c1ccc(-c2nc(-c3ccccc3)nc(-c3ccc(-n4c5ccccc5c5c(-c6ccc7c(c6)c6c8ccccc8ccc6n7-c6ccccc6)cccc54)cc3)n2)cc1. The van der Waals surface area contributed by atoms with Crippen molar-refractivity contribution in [1.29, 1.82) is 0 Å². The van der Waals surface area contributed by atoms with E-state index in [2.05, 4.69) is 376 Å². The first-order chi connectivity index (χ1) is 59.5. The maximum absolute atomic E-state index is 5.19. The fourth-order valence-electron chi connectivity index (χ4n) is 18.2. The number of nitrogens with zero attached hydrogens (tertiary/aromatic N) is 9. The number of aromatic nitrogens is 9. The lowest BCUT2D eigenvalue weighted by Gasteiger charge is -2.12. The molecule has 6 heterocycles. The van der Waals surface area contributed by atoms with E-state index in [0.717, 1.165) is 89.6 Å². The van der Waals surface area contributed by atoms with E-state index < -0.39 is 0 Å². The molecule has 0 radical (unpaired) electrons. The van der Waals surface area contributed by atoms with Gasteiger partial charge in [0.1, 0.15) is 0 Å². The minimum Gasteiger partial charge on any atom is -0.309 e. The second-order valence-electron chi connectivity index (χ2n) is 30.6. The van der Waals surface area contributed by atoms with Crippen LogP contribution in [-0.4, -0.2) is 43.2 Å². The average Bonchev–Trinajstić information content (AvgIpc) is 1.57. The van der Waals surface area contributed by atoms with Crippen LogP contribution in [-0.2, 0) is 0 Å². The highest BCUT2D eigenvalue weighted by molar-refractivity contribution is 6.24. The molecule has 0 saturated heterocycles. The maximum atomic E-state index is 5.19. The summed E-state index contributed by atoms with van der Waals surface area (Å²) in [6.07, 6.45) is 0. The fourth-order valence-corrected chi connectivity index (χ4v) is 18.2. The first kappa shape index (κ1) is 69.3. The van der Waals surface area contributed by atoms with Crippen LogP contribution in [0.4, 0.5) is 0 Å². The standard InChI is InChI=1S/C56H36N4.C55H35N5/c1-4-16-37(17-5-1)49-36-50(38-18-6-2-7-19-38)58-56(57-49)42-22-14-25-44(32-42)60-53-29-15-27-45(55(53)48-33-39-20-10-11-21-40(39)35-54(48)60)41-30-31-52-47(34-41)46-26-12-13-28-51(46)59(52)43-23-8-3-9-24-43;1-4-16-37(17-5-1)53-56-54(38-18-6-2-7-19-38)58-55(57-53)39-27-31-42(32-28-39)60-47-25-13-12-23-45(47)51-44(24-14-26-49(51)60)40-30-33-48-46(35-40)52-43-22-11-10-15-36(43)29-34-50(52)59(48)41-20-8-3-9-21-41/h1-36H;1-35H. The molecule has 0 aliphatic heterocycles. The molecule has 9 heteroatoms. The van der Waals surface area contributed by atoms with Crippen molar-refractivity contribution in [1.82, 2.24) is 43.2 Å². The van der Waals surface area contributed by atoms with Crippen molar-refractivity contribution in [3.63, 3.8) is 0 Å². The molecule has 0 bridgehead atoms. The van der Waals surface area contributed by atoms with Gasteiger partial charge in [0.05, 0.1) is 55.5 Å². The van der Waals surface area contributed by atoms with Crippen LogP contribution in [0.3, 0.4) is 0 Å². The van der Waals surface area contributed by atoms with Gasteiger partial charge < -0.3 is 18.3 Å². The maximum Gasteiger partial charge on any atom is 0.164 e. The number of rotatable bonds is 12. The molecular weight excluding hydrogens is 1460 g/mol. The number of fused-ring (bicyclic) bond motifs is 15. The topological polar surface area (TPSA) is 84.2 Å². The zero-order valence-corrected chi connectivity index (χ0v) is 65.0. The van der Waals surface area contributed by atoms with E-state index in [0.29, 0.717) is 23.3 Å². The molecule has 0 atom stereocenters. The van der Waals surface area contributed by atoms with Gasteiger partial charge in [-0.15, -0.1) is 0 Å². The molecule has 18 aromatic carbocycles. The van der Waals surface area contributed by atoms with Gasteiger partial charge in [-0.2, -0.15) is 0 Å². The number of hydrogen-bond donors (Lipinski definition) is 0. The van der Waals surface area contributed by atoms with Gasteiger partial charge in [0, 0.05) is 99.2 Å². The third kappa shape index (κ3) is 11.9. The summed E-state index contributed by atoms with van der Waals surface area (Å²) >= 11 is 0. The smallest absolute Gasteiger partial charge is 0.164 e. The summed E-state index contributed by atoms with van der Waals surface area (Å²) in [4.78, 5) is 25.2. The lowest BCUT2D eigenvalue weighted by Crippen LogP contribution is -2.00. The van der Waals surface area contributed by atoms with Crippen LogP contribution in [0.15, 0.2) is 431 Å². The molecule has 6 aromatic heterocycles. The van der Waals surface area contributed by atoms with E-state index >= 15 is 0 Å². The largest absolute Gasteiger partial charge is 0.309 e. The van der Waals surface area contributed by atoms with Crippen LogP contribution in [0.25, 0.3) is 222 Å². The monoisotopic (exact) mass is 1530 g/mol. The summed E-state index contributed by atoms with van der Waals surface area (Å²) in [7, 11) is 0. The zero-order valence-electron chi connectivity index (χ0n) is 65.0. The summed E-state index contributed by atoms with van der Waals surface area (Å²) in [5.74, 6) is 2.62. The molecule has 0 aliphatic carbocycles. The van der Waals surface area contributed by atoms with Crippen LogP contribution in [0.1, 0.15) is 0 Å². The number of benzene rings is 18. The van der Waals surface area contributed by atoms with Gasteiger partial charge in [-0.25, -0.2) is 24.9 Å². The first-order valence-electron chi connectivity index (χ1n) is 40.7. The van der Waals surface area contributed by atoms with Crippen molar-refractivity contribution >= 4 is 109 Å². The minimum atomic E-state index is 0.635. The summed E-state index contributed by atoms with van der Waals surface area (Å²) in [6, 6.07) is 153. The van der Waals surface area contributed by atoms with Crippen LogP contribution < -0.4 is 0 Å². The van der Waals surface area contributed by atoms with Crippen LogP contribution in [0.2, 0.25) is 0 Å². The molecular formula is C111H71N9. The Morgan fingerprint density at radius 2 is 0.500 bits per heavy atom. The van der Waals surface area contributed by atoms with Crippen molar-refractivity contribution in [2.24, 2.45) is 0 Å². The van der Waals surface area contributed by atoms with Gasteiger partial charge in [-0.3, -0.25) is 0 Å². The summed E-state index contributed by atoms with van der Waals surface area (Å²) < 4.78 is 9.58. The Kier molecular flexibility index (Phi) is 16.7. The van der Waals surface area contributed by atoms with Crippen LogP contribution in [0, 0.1) is 0 Å². The molecule has 0 N–H and O–H groups in total. The molecule has 560 valence electrons. The van der Waals surface area contributed by atoms with Crippen molar-refractivity contribution < 1.29 is 0 Å². The van der Waals surface area contributed by atoms with E-state index in [1.807, 2.05) is 72.8 Å². The third-order valence-corrected chi connectivity index (χ3v) is 23.6. The Morgan fingerprint density at radius 1 is 0.150 bits per heavy atom. The van der Waals surface area contributed by atoms with Gasteiger partial charge in [0.25, 0.3) is 0 Å². The molecule has 120 heavy (non-hydrogen) atoms. The Bertz CT molecular complexity index is 8000. The van der Waals surface area contributed by atoms with E-state index in [4.69, 9.17) is 24.9 Å². The lowest BCUT2D eigenvalue weighted by molar-refractivity contribution is 1.07. The summed E-state index contributed by atoms with van der Waals surface area (Å²) in [5, 5.41) is 14.8. The van der Waals surface area contributed by atoms with Gasteiger partial charge in [0.2, 0.25) is 0 Å². The molecule has 24 aromatic rings. The highest BCUT2D eigenvalue weighted by Gasteiger charge is 2.24. The Morgan fingerprint density at radius 3 is 1.07 bits per heavy atom.